The number of rotatable bonds is 5. The second-order valence-electron chi connectivity index (χ2n) is 4.55. The summed E-state index contributed by atoms with van der Waals surface area (Å²) in [6.07, 6.45) is -5.29. The summed E-state index contributed by atoms with van der Waals surface area (Å²) >= 11 is 0. The Morgan fingerprint density at radius 1 is 1.26 bits per heavy atom. The van der Waals surface area contributed by atoms with Gasteiger partial charge >= 0.3 is 6.18 Å². The lowest BCUT2D eigenvalue weighted by atomic mass is 9.96. The fourth-order valence-electron chi connectivity index (χ4n) is 1.67. The van der Waals surface area contributed by atoms with Crippen LogP contribution in [0.3, 0.4) is 0 Å². The number of hydrogen-bond donors (Lipinski definition) is 1. The molecule has 0 radical (unpaired) electrons. The predicted molar refractivity (Wildman–Crippen MR) is 63.9 cm³/mol. The van der Waals surface area contributed by atoms with Crippen molar-refractivity contribution in [1.82, 2.24) is 0 Å². The van der Waals surface area contributed by atoms with Crippen LogP contribution in [0, 0.1) is 17.1 Å². The number of halogens is 4. The van der Waals surface area contributed by atoms with Crippen LogP contribution >= 0.6 is 0 Å². The van der Waals surface area contributed by atoms with Crippen LogP contribution in [0.2, 0.25) is 0 Å². The van der Waals surface area contributed by atoms with E-state index in [1.54, 1.807) is 6.07 Å². The molecule has 0 amide bonds. The summed E-state index contributed by atoms with van der Waals surface area (Å²) in [5.41, 5.74) is -0.782. The highest BCUT2D eigenvalue weighted by atomic mass is 19.4. The first-order chi connectivity index (χ1) is 8.74. The Bertz CT molecular complexity index is 464. The monoisotopic (exact) mass is 274 g/mol. The van der Waals surface area contributed by atoms with E-state index in [9.17, 15) is 17.6 Å². The van der Waals surface area contributed by atoms with E-state index < -0.39 is 24.0 Å². The van der Waals surface area contributed by atoms with Gasteiger partial charge in [0.2, 0.25) is 0 Å². The molecule has 2 nitrogen and oxygen atoms in total. The molecule has 0 aliphatic carbocycles. The van der Waals surface area contributed by atoms with Gasteiger partial charge < -0.3 is 5.32 Å². The summed E-state index contributed by atoms with van der Waals surface area (Å²) < 4.78 is 49.2. The Morgan fingerprint density at radius 2 is 1.95 bits per heavy atom. The van der Waals surface area contributed by atoms with Crippen LogP contribution in [0.25, 0.3) is 0 Å². The minimum atomic E-state index is -4.23. The Kier molecular flexibility index (Phi) is 4.76. The van der Waals surface area contributed by atoms with Gasteiger partial charge in [-0.25, -0.2) is 4.39 Å². The Balaban J connectivity index is 2.63. The molecule has 0 aliphatic rings. The molecular formula is C13H14F4N2. The molecule has 1 rings (SSSR count). The SMILES string of the molecule is CC(C#N)(CCCC(F)(F)F)Nc1cccc(F)c1. The Labute approximate surface area is 109 Å². The number of nitrogens with zero attached hydrogens (tertiary/aromatic N) is 1. The van der Waals surface area contributed by atoms with Gasteiger partial charge in [-0.2, -0.15) is 18.4 Å². The molecule has 0 spiro atoms. The van der Waals surface area contributed by atoms with Crippen molar-refractivity contribution in [2.24, 2.45) is 0 Å². The van der Waals surface area contributed by atoms with Crippen molar-refractivity contribution >= 4 is 5.69 Å². The average molecular weight is 274 g/mol. The number of alkyl halides is 3. The van der Waals surface area contributed by atoms with Gasteiger partial charge in [-0.3, -0.25) is 0 Å². The molecule has 0 bridgehead atoms. The van der Waals surface area contributed by atoms with Crippen molar-refractivity contribution < 1.29 is 17.6 Å². The lowest BCUT2D eigenvalue weighted by Crippen LogP contribution is -2.33. The molecule has 1 aromatic rings. The molecule has 1 unspecified atom stereocenters. The van der Waals surface area contributed by atoms with E-state index in [2.05, 4.69) is 5.32 Å². The zero-order valence-corrected chi connectivity index (χ0v) is 10.4. The van der Waals surface area contributed by atoms with Crippen LogP contribution in [0.1, 0.15) is 26.2 Å². The van der Waals surface area contributed by atoms with Crippen LogP contribution in [-0.4, -0.2) is 11.7 Å². The number of anilines is 1. The van der Waals surface area contributed by atoms with Crippen molar-refractivity contribution in [3.63, 3.8) is 0 Å². The maximum Gasteiger partial charge on any atom is 0.389 e. The predicted octanol–water partition coefficient (Wildman–Crippen LogP) is 4.25. The minimum Gasteiger partial charge on any atom is -0.368 e. The number of nitrogens with one attached hydrogen (secondary N) is 1. The maximum absolute atomic E-state index is 13.0. The summed E-state index contributed by atoms with van der Waals surface area (Å²) in [5.74, 6) is -0.472. The van der Waals surface area contributed by atoms with E-state index in [0.29, 0.717) is 5.69 Å². The highest BCUT2D eigenvalue weighted by Crippen LogP contribution is 2.26. The molecule has 1 atom stereocenters. The molecule has 0 saturated heterocycles. The molecule has 1 aromatic carbocycles. The Hall–Kier alpha value is -1.77. The van der Waals surface area contributed by atoms with Crippen LogP contribution in [0.5, 0.6) is 0 Å². The largest absolute Gasteiger partial charge is 0.389 e. The topological polar surface area (TPSA) is 35.8 Å². The molecule has 104 valence electrons. The number of nitriles is 1. The average Bonchev–Trinajstić information content (AvgIpc) is 2.27. The van der Waals surface area contributed by atoms with E-state index in [0.717, 1.165) is 0 Å². The van der Waals surface area contributed by atoms with Crippen molar-refractivity contribution in [2.75, 3.05) is 5.32 Å². The second-order valence-corrected chi connectivity index (χ2v) is 4.55. The zero-order chi connectivity index (χ0) is 14.5. The Morgan fingerprint density at radius 3 is 2.47 bits per heavy atom. The molecule has 0 heterocycles. The number of benzene rings is 1. The van der Waals surface area contributed by atoms with Crippen LogP contribution in [-0.2, 0) is 0 Å². The smallest absolute Gasteiger partial charge is 0.368 e. The minimum absolute atomic E-state index is 0.0273. The molecule has 0 fully saturated rings. The normalized spacial score (nSPS) is 14.5. The highest BCUT2D eigenvalue weighted by Gasteiger charge is 2.30. The van der Waals surface area contributed by atoms with E-state index in [1.165, 1.54) is 25.1 Å². The van der Waals surface area contributed by atoms with Crippen molar-refractivity contribution in [3.8, 4) is 6.07 Å². The molecular weight excluding hydrogens is 260 g/mol. The van der Waals surface area contributed by atoms with E-state index in [-0.39, 0.29) is 12.8 Å². The first-order valence-electron chi connectivity index (χ1n) is 5.76. The van der Waals surface area contributed by atoms with Crippen LogP contribution < -0.4 is 5.32 Å². The van der Waals surface area contributed by atoms with Gasteiger partial charge in [-0.15, -0.1) is 0 Å². The van der Waals surface area contributed by atoms with Gasteiger partial charge in [0.05, 0.1) is 6.07 Å². The first-order valence-corrected chi connectivity index (χ1v) is 5.76. The summed E-state index contributed by atoms with van der Waals surface area (Å²) in [6.45, 7) is 1.49. The molecule has 6 heteroatoms. The van der Waals surface area contributed by atoms with Crippen LogP contribution in [0.15, 0.2) is 24.3 Å². The molecule has 0 aromatic heterocycles. The van der Waals surface area contributed by atoms with Crippen molar-refractivity contribution in [2.45, 2.75) is 37.9 Å². The molecule has 0 aliphatic heterocycles. The standard InChI is InChI=1S/C13H14F4N2/c1-12(9-18,6-3-7-13(15,16)17)19-11-5-2-4-10(14)8-11/h2,4-5,8,19H,3,6-7H2,1H3. The number of hydrogen-bond acceptors (Lipinski definition) is 2. The third-order valence-electron chi connectivity index (χ3n) is 2.63. The van der Waals surface area contributed by atoms with Gasteiger partial charge in [-0.05, 0) is 38.0 Å². The maximum atomic E-state index is 13.0. The third kappa shape index (κ3) is 5.60. The summed E-state index contributed by atoms with van der Waals surface area (Å²) in [6, 6.07) is 7.40. The third-order valence-corrected chi connectivity index (χ3v) is 2.63. The second kappa shape index (κ2) is 5.91. The fourth-order valence-corrected chi connectivity index (χ4v) is 1.67. The van der Waals surface area contributed by atoms with E-state index >= 15 is 0 Å². The lowest BCUT2D eigenvalue weighted by molar-refractivity contribution is -0.135. The molecule has 0 saturated carbocycles. The lowest BCUT2D eigenvalue weighted by Gasteiger charge is -2.24. The van der Waals surface area contributed by atoms with Crippen molar-refractivity contribution in [3.05, 3.63) is 30.1 Å². The van der Waals surface area contributed by atoms with Gasteiger partial charge in [0.1, 0.15) is 11.4 Å². The molecule has 19 heavy (non-hydrogen) atoms. The van der Waals surface area contributed by atoms with Crippen LogP contribution in [0.4, 0.5) is 23.2 Å². The first kappa shape index (κ1) is 15.3. The fraction of sp³-hybridized carbons (Fsp3) is 0.462. The van der Waals surface area contributed by atoms with E-state index in [1.807, 2.05) is 6.07 Å². The highest BCUT2D eigenvalue weighted by molar-refractivity contribution is 5.47. The summed E-state index contributed by atoms with van der Waals surface area (Å²) in [5, 5.41) is 11.8. The van der Waals surface area contributed by atoms with Gasteiger partial charge in [0, 0.05) is 12.1 Å². The summed E-state index contributed by atoms with van der Waals surface area (Å²) in [7, 11) is 0. The van der Waals surface area contributed by atoms with Crippen molar-refractivity contribution in [1.29, 1.82) is 5.26 Å². The van der Waals surface area contributed by atoms with Gasteiger partial charge in [0.25, 0.3) is 0 Å². The zero-order valence-electron chi connectivity index (χ0n) is 10.4. The molecule has 1 N–H and O–H groups in total. The van der Waals surface area contributed by atoms with Gasteiger partial charge in [-0.1, -0.05) is 6.07 Å². The van der Waals surface area contributed by atoms with Gasteiger partial charge in [0.15, 0.2) is 0 Å². The summed E-state index contributed by atoms with van der Waals surface area (Å²) in [4.78, 5) is 0. The quantitative estimate of drug-likeness (QED) is 0.815. The van der Waals surface area contributed by atoms with E-state index in [4.69, 9.17) is 5.26 Å².